The summed E-state index contributed by atoms with van der Waals surface area (Å²) < 4.78 is 8.03. The Balaban J connectivity index is 1.46. The average molecular weight is 580 g/mol. The second-order valence-corrected chi connectivity index (χ2v) is 12.0. The molecule has 0 saturated heterocycles. The van der Waals surface area contributed by atoms with Gasteiger partial charge in [0.1, 0.15) is 11.9 Å². The monoisotopic (exact) mass is 578 g/mol. The normalized spacial score (nSPS) is 25.4. The van der Waals surface area contributed by atoms with Gasteiger partial charge in [-0.15, -0.1) is 11.6 Å². The maximum absolute atomic E-state index is 14.2. The van der Waals surface area contributed by atoms with Gasteiger partial charge in [-0.1, -0.05) is 41.4 Å². The summed E-state index contributed by atoms with van der Waals surface area (Å²) in [5.74, 6) is 1.20. The van der Waals surface area contributed by atoms with Gasteiger partial charge in [-0.25, -0.2) is 9.67 Å². The number of hydrogen-bond donors (Lipinski definition) is 0. The fourth-order valence-electron chi connectivity index (χ4n) is 6.29. The van der Waals surface area contributed by atoms with E-state index >= 15 is 0 Å². The van der Waals surface area contributed by atoms with E-state index in [1.54, 1.807) is 23.1 Å². The van der Waals surface area contributed by atoms with Crippen LogP contribution >= 0.6 is 34.8 Å². The second kappa shape index (κ2) is 9.26. The smallest absolute Gasteiger partial charge is 0.171 e. The number of fused-ring (bicyclic) bond motifs is 5. The lowest BCUT2D eigenvalue weighted by Gasteiger charge is -2.43. The van der Waals surface area contributed by atoms with Crippen molar-refractivity contribution in [1.29, 1.82) is 0 Å². The highest BCUT2D eigenvalue weighted by molar-refractivity contribution is 6.42. The van der Waals surface area contributed by atoms with E-state index in [-0.39, 0.29) is 23.2 Å². The van der Waals surface area contributed by atoms with Crippen molar-refractivity contribution >= 4 is 63.5 Å². The van der Waals surface area contributed by atoms with Gasteiger partial charge >= 0.3 is 0 Å². The van der Waals surface area contributed by atoms with Crippen LogP contribution in [0.15, 0.2) is 65.4 Å². The van der Waals surface area contributed by atoms with Gasteiger partial charge in [0.2, 0.25) is 0 Å². The molecule has 3 aliphatic heterocycles. The van der Waals surface area contributed by atoms with Gasteiger partial charge in [0.05, 0.1) is 50.9 Å². The molecule has 39 heavy (non-hydrogen) atoms. The van der Waals surface area contributed by atoms with Crippen molar-refractivity contribution in [2.45, 2.75) is 50.6 Å². The molecule has 6 nitrogen and oxygen atoms in total. The summed E-state index contributed by atoms with van der Waals surface area (Å²) in [6.45, 7) is 4.02. The number of amidine groups is 1. The molecule has 0 radical (unpaired) electrons. The van der Waals surface area contributed by atoms with Crippen LogP contribution < -0.4 is 4.90 Å². The summed E-state index contributed by atoms with van der Waals surface area (Å²) >= 11 is 19.1. The molecule has 1 aromatic heterocycles. The van der Waals surface area contributed by atoms with Crippen LogP contribution in [0.2, 0.25) is 10.0 Å². The zero-order valence-electron chi connectivity index (χ0n) is 21.4. The molecule has 4 unspecified atom stereocenters. The van der Waals surface area contributed by atoms with Crippen molar-refractivity contribution < 1.29 is 9.53 Å². The molecule has 0 spiro atoms. The molecule has 4 heterocycles. The Bertz CT molecular complexity index is 1640. The number of ketones is 1. The van der Waals surface area contributed by atoms with Crippen LogP contribution in [0.4, 0.5) is 11.5 Å². The van der Waals surface area contributed by atoms with Gasteiger partial charge in [0, 0.05) is 16.5 Å². The van der Waals surface area contributed by atoms with Gasteiger partial charge in [-0.05, 0) is 69.0 Å². The summed E-state index contributed by atoms with van der Waals surface area (Å²) in [5.41, 5.74) is 6.13. The number of allylic oxidation sites excluding steroid dienone is 1. The van der Waals surface area contributed by atoms with Crippen LogP contribution in [0.1, 0.15) is 49.0 Å². The van der Waals surface area contributed by atoms with Crippen molar-refractivity contribution in [1.82, 2.24) is 9.78 Å². The highest BCUT2D eigenvalue weighted by atomic mass is 35.5. The quantitative estimate of drug-likeness (QED) is 0.291. The fraction of sp³-hybridized carbons (Fsp3) is 0.300. The van der Waals surface area contributed by atoms with Crippen LogP contribution in [0.5, 0.6) is 0 Å². The number of carbonyl (C=O) groups excluding carboxylic acids is 1. The summed E-state index contributed by atoms with van der Waals surface area (Å²) in [6, 6.07) is 13.1. The SMILES string of the molecule is CC1=CC2=Nc3c(c(C)nn3-c3ccc(Cl)c(Cl)c3)C(C3=COC4CCC(Cl)CC4C3=O)N2c2ccccc21. The van der Waals surface area contributed by atoms with Crippen molar-refractivity contribution in [2.24, 2.45) is 10.9 Å². The zero-order valence-corrected chi connectivity index (χ0v) is 23.6. The van der Waals surface area contributed by atoms with Crippen molar-refractivity contribution in [3.63, 3.8) is 0 Å². The number of aliphatic imine (C=N–C) groups is 1. The summed E-state index contributed by atoms with van der Waals surface area (Å²) in [5, 5.41) is 5.75. The van der Waals surface area contributed by atoms with E-state index in [0.717, 1.165) is 52.4 Å². The molecule has 9 heteroatoms. The lowest BCUT2D eigenvalue weighted by Crippen LogP contribution is -2.46. The Hall–Kier alpha value is -3.06. The van der Waals surface area contributed by atoms with Gasteiger partial charge in [0.25, 0.3) is 0 Å². The van der Waals surface area contributed by atoms with Gasteiger partial charge in [-0.3, -0.25) is 4.79 Å². The number of rotatable bonds is 2. The molecule has 1 fully saturated rings. The third-order valence-corrected chi connectivity index (χ3v) is 9.31. The van der Waals surface area contributed by atoms with Crippen molar-refractivity contribution in [3.8, 4) is 5.69 Å². The van der Waals surface area contributed by atoms with Gasteiger partial charge < -0.3 is 9.64 Å². The number of halogens is 3. The number of benzene rings is 2. The standard InChI is InChI=1S/C30H25Cl3N4O2/c1-15-11-26-34-30-27(16(2)35-37(30)18-8-9-22(32)23(33)13-18)28(36(26)24-6-4-3-5-19(15)24)21-14-39-25-10-7-17(31)12-20(25)29(21)38/h3-6,8-9,11,13-14,17,20,25,28H,7,10,12H2,1-2H3. The maximum Gasteiger partial charge on any atom is 0.171 e. The Morgan fingerprint density at radius 2 is 1.87 bits per heavy atom. The van der Waals surface area contributed by atoms with Gasteiger partial charge in [0.15, 0.2) is 11.6 Å². The number of aromatic nitrogens is 2. The first-order valence-corrected chi connectivity index (χ1v) is 14.3. The van der Waals surface area contributed by atoms with Crippen LogP contribution in [-0.2, 0) is 9.53 Å². The van der Waals surface area contributed by atoms with E-state index in [0.29, 0.717) is 27.9 Å². The minimum absolute atomic E-state index is 0.0300. The van der Waals surface area contributed by atoms with E-state index in [9.17, 15) is 4.79 Å². The molecule has 0 N–H and O–H groups in total. The number of aryl methyl sites for hydroxylation is 1. The summed E-state index contributed by atoms with van der Waals surface area (Å²) in [6.07, 6.45) is 5.84. The number of hydrogen-bond acceptors (Lipinski definition) is 5. The highest BCUT2D eigenvalue weighted by Crippen LogP contribution is 2.50. The molecule has 3 aromatic rings. The van der Waals surface area contributed by atoms with E-state index in [2.05, 4.69) is 30.0 Å². The summed E-state index contributed by atoms with van der Waals surface area (Å²) in [4.78, 5) is 21.5. The molecule has 4 atom stereocenters. The molecule has 198 valence electrons. The number of ether oxygens (including phenoxy) is 1. The third-order valence-electron chi connectivity index (χ3n) is 8.17. The zero-order chi connectivity index (χ0) is 27.0. The first kappa shape index (κ1) is 24.9. The number of para-hydroxylation sites is 1. The Kier molecular flexibility index (Phi) is 5.92. The molecule has 0 amide bonds. The predicted molar refractivity (Wildman–Crippen MR) is 156 cm³/mol. The topological polar surface area (TPSA) is 59.7 Å². The average Bonchev–Trinajstić information content (AvgIpc) is 3.26. The van der Waals surface area contributed by atoms with E-state index in [4.69, 9.17) is 49.6 Å². The number of nitrogens with zero attached hydrogens (tertiary/aromatic N) is 4. The molecular formula is C30H25Cl3N4O2. The molecule has 1 saturated carbocycles. The summed E-state index contributed by atoms with van der Waals surface area (Å²) in [7, 11) is 0. The van der Waals surface area contributed by atoms with Gasteiger partial charge in [-0.2, -0.15) is 5.10 Å². The molecule has 4 aliphatic rings. The highest BCUT2D eigenvalue weighted by Gasteiger charge is 2.47. The first-order chi connectivity index (χ1) is 18.8. The first-order valence-electron chi connectivity index (χ1n) is 13.1. The van der Waals surface area contributed by atoms with Crippen LogP contribution in [0, 0.1) is 12.8 Å². The van der Waals surface area contributed by atoms with Crippen LogP contribution in [0.3, 0.4) is 0 Å². The Morgan fingerprint density at radius 3 is 2.69 bits per heavy atom. The number of Topliss-reactive ketones (excluding diaryl/α,β-unsaturated/α-hetero) is 1. The number of alkyl halides is 1. The Labute approximate surface area is 241 Å². The predicted octanol–water partition coefficient (Wildman–Crippen LogP) is 7.76. The van der Waals surface area contributed by atoms with Crippen molar-refractivity contribution in [2.75, 3.05) is 4.90 Å². The van der Waals surface area contributed by atoms with E-state index in [1.165, 1.54) is 0 Å². The molecular weight excluding hydrogens is 555 g/mol. The maximum atomic E-state index is 14.2. The van der Waals surface area contributed by atoms with E-state index < -0.39 is 6.04 Å². The minimum atomic E-state index is -0.473. The fourth-order valence-corrected chi connectivity index (χ4v) is 6.90. The second-order valence-electron chi connectivity index (χ2n) is 10.5. The Morgan fingerprint density at radius 1 is 1.05 bits per heavy atom. The largest absolute Gasteiger partial charge is 0.497 e. The minimum Gasteiger partial charge on any atom is -0.497 e. The van der Waals surface area contributed by atoms with Crippen LogP contribution in [0.25, 0.3) is 11.3 Å². The molecule has 2 aromatic carbocycles. The third kappa shape index (κ3) is 3.87. The molecule has 0 bridgehead atoms. The van der Waals surface area contributed by atoms with Crippen LogP contribution in [-0.4, -0.2) is 32.9 Å². The van der Waals surface area contributed by atoms with E-state index in [1.807, 2.05) is 25.1 Å². The molecule has 1 aliphatic carbocycles. The number of anilines is 1. The van der Waals surface area contributed by atoms with Crippen molar-refractivity contribution in [3.05, 3.63) is 87.2 Å². The number of carbonyl (C=O) groups is 1. The molecule has 7 rings (SSSR count). The lowest BCUT2D eigenvalue weighted by molar-refractivity contribution is -0.127. The lowest BCUT2D eigenvalue weighted by atomic mass is 9.77.